The van der Waals surface area contributed by atoms with Gasteiger partial charge < -0.3 is 5.32 Å². The summed E-state index contributed by atoms with van der Waals surface area (Å²) < 4.78 is 0. The van der Waals surface area contributed by atoms with Gasteiger partial charge in [-0.3, -0.25) is 0 Å². The molecule has 0 fully saturated rings. The van der Waals surface area contributed by atoms with Gasteiger partial charge in [0.25, 0.3) is 0 Å². The second-order valence-electron chi connectivity index (χ2n) is 2.97. The van der Waals surface area contributed by atoms with Crippen LogP contribution in [0.5, 0.6) is 0 Å². The van der Waals surface area contributed by atoms with Gasteiger partial charge >= 0.3 is 0 Å². The number of hydrogen-bond acceptors (Lipinski definition) is 1. The molecule has 1 unspecified atom stereocenters. The fourth-order valence-corrected chi connectivity index (χ4v) is 0.868. The summed E-state index contributed by atoms with van der Waals surface area (Å²) in [5.74, 6) is 0. The third-order valence-corrected chi connectivity index (χ3v) is 1.89. The predicted octanol–water partition coefficient (Wildman–Crippen LogP) is 2.99. The fraction of sp³-hybridized carbons (Fsp3) is 1.00. The van der Waals surface area contributed by atoms with Crippen molar-refractivity contribution in [3.8, 4) is 0 Å². The normalized spacial score (nSPS) is 12.3. The Morgan fingerprint density at radius 1 is 1.18 bits per heavy atom. The molecule has 0 aromatic rings. The van der Waals surface area contributed by atoms with Crippen molar-refractivity contribution in [1.82, 2.24) is 5.32 Å². The van der Waals surface area contributed by atoms with E-state index in [0.717, 1.165) is 0 Å². The molecule has 0 aromatic carbocycles. The van der Waals surface area contributed by atoms with Crippen molar-refractivity contribution in [2.24, 2.45) is 0 Å². The Morgan fingerprint density at radius 3 is 2.27 bits per heavy atom. The van der Waals surface area contributed by atoms with Gasteiger partial charge in [-0.1, -0.05) is 26.7 Å². The fourth-order valence-electron chi connectivity index (χ4n) is 0.868. The molecule has 0 heterocycles. The highest BCUT2D eigenvalue weighted by Gasteiger charge is 1.94. The molecule has 0 aliphatic rings. The first-order valence-corrected chi connectivity index (χ1v) is 4.54. The van der Waals surface area contributed by atoms with Crippen LogP contribution in [0.3, 0.4) is 0 Å². The molecule has 0 bridgehead atoms. The molecule has 1 N–H and O–H groups in total. The zero-order valence-corrected chi connectivity index (χ0v) is 8.84. The SMILES string of the molecule is CCCCCNC(C)CC.Cl. The van der Waals surface area contributed by atoms with Gasteiger partial charge in [0, 0.05) is 6.04 Å². The van der Waals surface area contributed by atoms with E-state index in [9.17, 15) is 0 Å². The topological polar surface area (TPSA) is 12.0 Å². The van der Waals surface area contributed by atoms with Crippen LogP contribution in [0, 0.1) is 0 Å². The van der Waals surface area contributed by atoms with Crippen LogP contribution in [-0.4, -0.2) is 12.6 Å². The summed E-state index contributed by atoms with van der Waals surface area (Å²) in [6.07, 6.45) is 5.26. The average molecular weight is 180 g/mol. The quantitative estimate of drug-likeness (QED) is 0.619. The Balaban J connectivity index is 0. The van der Waals surface area contributed by atoms with Gasteiger partial charge in [0.1, 0.15) is 0 Å². The highest BCUT2D eigenvalue weighted by atomic mass is 35.5. The van der Waals surface area contributed by atoms with E-state index >= 15 is 0 Å². The Kier molecular flexibility index (Phi) is 12.9. The summed E-state index contributed by atoms with van der Waals surface area (Å²) in [5, 5.41) is 3.47. The van der Waals surface area contributed by atoms with Crippen LogP contribution in [0.1, 0.15) is 46.5 Å². The van der Waals surface area contributed by atoms with E-state index < -0.39 is 0 Å². The van der Waals surface area contributed by atoms with Crippen molar-refractivity contribution in [1.29, 1.82) is 0 Å². The van der Waals surface area contributed by atoms with E-state index in [0.29, 0.717) is 6.04 Å². The van der Waals surface area contributed by atoms with E-state index in [1.165, 1.54) is 32.2 Å². The number of unbranched alkanes of at least 4 members (excludes halogenated alkanes) is 2. The van der Waals surface area contributed by atoms with Crippen LogP contribution >= 0.6 is 12.4 Å². The monoisotopic (exact) mass is 179 g/mol. The molecule has 0 saturated heterocycles. The van der Waals surface area contributed by atoms with Crippen molar-refractivity contribution in [3.05, 3.63) is 0 Å². The highest BCUT2D eigenvalue weighted by molar-refractivity contribution is 5.85. The predicted molar refractivity (Wildman–Crippen MR) is 54.5 cm³/mol. The van der Waals surface area contributed by atoms with Crippen LogP contribution in [0.4, 0.5) is 0 Å². The molecule has 0 aliphatic heterocycles. The van der Waals surface area contributed by atoms with Gasteiger partial charge in [-0.25, -0.2) is 0 Å². The number of nitrogens with one attached hydrogen (secondary N) is 1. The molecule has 0 rings (SSSR count). The first-order valence-electron chi connectivity index (χ1n) is 4.54. The number of halogens is 1. The molecule has 0 radical (unpaired) electrons. The smallest absolute Gasteiger partial charge is 0.00360 e. The van der Waals surface area contributed by atoms with Crippen LogP contribution < -0.4 is 5.32 Å². The lowest BCUT2D eigenvalue weighted by Crippen LogP contribution is -2.25. The summed E-state index contributed by atoms with van der Waals surface area (Å²) in [5.41, 5.74) is 0. The van der Waals surface area contributed by atoms with Crippen LogP contribution in [0.2, 0.25) is 0 Å². The highest BCUT2D eigenvalue weighted by Crippen LogP contribution is 1.93. The summed E-state index contributed by atoms with van der Waals surface area (Å²) in [6, 6.07) is 0.705. The zero-order chi connectivity index (χ0) is 7.82. The van der Waals surface area contributed by atoms with E-state index in [1.54, 1.807) is 0 Å². The van der Waals surface area contributed by atoms with E-state index in [2.05, 4.69) is 26.1 Å². The molecule has 0 spiro atoms. The first kappa shape index (κ1) is 13.8. The van der Waals surface area contributed by atoms with Crippen LogP contribution in [-0.2, 0) is 0 Å². The van der Waals surface area contributed by atoms with Gasteiger partial charge in [-0.15, -0.1) is 12.4 Å². The Labute approximate surface area is 77.4 Å². The zero-order valence-electron chi connectivity index (χ0n) is 8.02. The summed E-state index contributed by atoms with van der Waals surface area (Å²) in [6.45, 7) is 7.90. The lowest BCUT2D eigenvalue weighted by molar-refractivity contribution is 0.514. The molecule has 1 atom stereocenters. The average Bonchev–Trinajstić information content (AvgIpc) is 1.98. The summed E-state index contributed by atoms with van der Waals surface area (Å²) in [7, 11) is 0. The standard InChI is InChI=1S/C9H21N.ClH/c1-4-6-7-8-10-9(3)5-2;/h9-10H,4-8H2,1-3H3;1H. The molecule has 0 aromatic heterocycles. The minimum absolute atomic E-state index is 0. The summed E-state index contributed by atoms with van der Waals surface area (Å²) in [4.78, 5) is 0. The minimum Gasteiger partial charge on any atom is -0.314 e. The van der Waals surface area contributed by atoms with Crippen molar-refractivity contribution < 1.29 is 0 Å². The van der Waals surface area contributed by atoms with Gasteiger partial charge in [0.05, 0.1) is 0 Å². The van der Waals surface area contributed by atoms with Gasteiger partial charge in [0.15, 0.2) is 0 Å². The minimum atomic E-state index is 0. The Bertz CT molecular complexity index is 66.6. The molecular formula is C9H22ClN. The molecule has 0 aliphatic carbocycles. The van der Waals surface area contributed by atoms with Crippen molar-refractivity contribution >= 4 is 12.4 Å². The largest absolute Gasteiger partial charge is 0.314 e. The summed E-state index contributed by atoms with van der Waals surface area (Å²) >= 11 is 0. The van der Waals surface area contributed by atoms with Crippen LogP contribution in [0.25, 0.3) is 0 Å². The molecule has 11 heavy (non-hydrogen) atoms. The van der Waals surface area contributed by atoms with Crippen LogP contribution in [0.15, 0.2) is 0 Å². The lowest BCUT2D eigenvalue weighted by atomic mass is 10.2. The Morgan fingerprint density at radius 2 is 1.82 bits per heavy atom. The second-order valence-corrected chi connectivity index (χ2v) is 2.97. The number of rotatable bonds is 6. The van der Waals surface area contributed by atoms with E-state index in [4.69, 9.17) is 0 Å². The van der Waals surface area contributed by atoms with Crippen molar-refractivity contribution in [3.63, 3.8) is 0 Å². The second kappa shape index (κ2) is 10.2. The maximum Gasteiger partial charge on any atom is 0.00360 e. The van der Waals surface area contributed by atoms with Crippen molar-refractivity contribution in [2.75, 3.05) is 6.54 Å². The van der Waals surface area contributed by atoms with Gasteiger partial charge in [-0.2, -0.15) is 0 Å². The first-order chi connectivity index (χ1) is 4.81. The molecule has 2 heteroatoms. The van der Waals surface area contributed by atoms with Gasteiger partial charge in [-0.05, 0) is 26.3 Å². The maximum atomic E-state index is 3.47. The molecule has 1 nitrogen and oxygen atoms in total. The third kappa shape index (κ3) is 10.2. The van der Waals surface area contributed by atoms with Gasteiger partial charge in [0.2, 0.25) is 0 Å². The number of hydrogen-bond donors (Lipinski definition) is 1. The molecular weight excluding hydrogens is 158 g/mol. The Hall–Kier alpha value is 0.250. The molecule has 0 amide bonds. The van der Waals surface area contributed by atoms with E-state index in [-0.39, 0.29) is 12.4 Å². The van der Waals surface area contributed by atoms with Crippen molar-refractivity contribution in [2.45, 2.75) is 52.5 Å². The lowest BCUT2D eigenvalue weighted by Gasteiger charge is -2.09. The molecule has 70 valence electrons. The maximum absolute atomic E-state index is 3.47. The molecule has 0 saturated carbocycles. The van der Waals surface area contributed by atoms with E-state index in [1.807, 2.05) is 0 Å². The third-order valence-electron chi connectivity index (χ3n) is 1.89.